The third-order valence-electron chi connectivity index (χ3n) is 2.81. The maximum Gasteiger partial charge on any atom is 0.305 e. The van der Waals surface area contributed by atoms with Crippen molar-refractivity contribution in [1.29, 1.82) is 0 Å². The van der Waals surface area contributed by atoms with Crippen LogP contribution in [0.15, 0.2) is 54.6 Å². The molecule has 4 heteroatoms. The fourth-order valence-corrected chi connectivity index (χ4v) is 1.86. The zero-order valence-corrected chi connectivity index (χ0v) is 13.6. The van der Waals surface area contributed by atoms with Gasteiger partial charge in [-0.3, -0.25) is 4.79 Å². The standard InChI is InChI=1S/C12H16O2.C6H5ClO/c1-3-12(13)14-10(2)9-11-7-5-4-6-8-11;7-5-1-3-6(8)4-2-5/h4-8,10H,3,9H2,1-2H3;1-4,8H. The van der Waals surface area contributed by atoms with Gasteiger partial charge in [0, 0.05) is 17.9 Å². The van der Waals surface area contributed by atoms with E-state index in [0.717, 1.165) is 6.42 Å². The molecule has 118 valence electrons. The number of rotatable bonds is 4. The van der Waals surface area contributed by atoms with Crippen molar-refractivity contribution in [2.75, 3.05) is 0 Å². The van der Waals surface area contributed by atoms with Crippen LogP contribution in [0.3, 0.4) is 0 Å². The second-order valence-corrected chi connectivity index (χ2v) is 5.26. The Morgan fingerprint density at radius 1 is 1.14 bits per heavy atom. The molecule has 3 nitrogen and oxygen atoms in total. The van der Waals surface area contributed by atoms with Crippen molar-refractivity contribution in [2.24, 2.45) is 0 Å². The molecular formula is C18H21ClO3. The highest BCUT2D eigenvalue weighted by molar-refractivity contribution is 6.30. The summed E-state index contributed by atoms with van der Waals surface area (Å²) in [5.74, 6) is 0.114. The zero-order valence-electron chi connectivity index (χ0n) is 12.8. The predicted octanol–water partition coefficient (Wildman–Crippen LogP) is 4.62. The number of hydrogen-bond donors (Lipinski definition) is 1. The van der Waals surface area contributed by atoms with Crippen molar-refractivity contribution in [1.82, 2.24) is 0 Å². The van der Waals surface area contributed by atoms with Gasteiger partial charge in [-0.1, -0.05) is 48.9 Å². The highest BCUT2D eigenvalue weighted by atomic mass is 35.5. The van der Waals surface area contributed by atoms with Gasteiger partial charge in [0.05, 0.1) is 0 Å². The van der Waals surface area contributed by atoms with Crippen molar-refractivity contribution >= 4 is 17.6 Å². The maximum absolute atomic E-state index is 11.0. The number of phenolic OH excluding ortho intramolecular Hbond substituents is 1. The molecule has 0 aromatic heterocycles. The molecule has 0 aliphatic carbocycles. The number of esters is 1. The van der Waals surface area contributed by atoms with Gasteiger partial charge in [-0.05, 0) is 36.8 Å². The summed E-state index contributed by atoms with van der Waals surface area (Å²) in [6.07, 6.45) is 1.19. The first-order valence-electron chi connectivity index (χ1n) is 7.19. The molecule has 2 aromatic rings. The van der Waals surface area contributed by atoms with Gasteiger partial charge in [-0.2, -0.15) is 0 Å². The first-order valence-corrected chi connectivity index (χ1v) is 7.57. The molecule has 0 saturated carbocycles. The molecule has 0 amide bonds. The topological polar surface area (TPSA) is 46.5 Å². The molecule has 0 aliphatic rings. The van der Waals surface area contributed by atoms with Crippen LogP contribution in [0.4, 0.5) is 0 Å². The summed E-state index contributed by atoms with van der Waals surface area (Å²) in [4.78, 5) is 11.0. The molecule has 0 bridgehead atoms. The lowest BCUT2D eigenvalue weighted by atomic mass is 10.1. The van der Waals surface area contributed by atoms with Crippen LogP contribution in [0.1, 0.15) is 25.8 Å². The van der Waals surface area contributed by atoms with E-state index in [-0.39, 0.29) is 17.8 Å². The van der Waals surface area contributed by atoms with Gasteiger partial charge >= 0.3 is 5.97 Å². The summed E-state index contributed by atoms with van der Waals surface area (Å²) >= 11 is 5.50. The van der Waals surface area contributed by atoms with Crippen LogP contribution in [0.5, 0.6) is 5.75 Å². The van der Waals surface area contributed by atoms with Gasteiger partial charge in [0.1, 0.15) is 11.9 Å². The van der Waals surface area contributed by atoms with Crippen LogP contribution in [0.25, 0.3) is 0 Å². The molecule has 0 heterocycles. The van der Waals surface area contributed by atoms with Crippen molar-refractivity contribution < 1.29 is 14.6 Å². The number of halogens is 1. The second kappa shape index (κ2) is 9.85. The van der Waals surface area contributed by atoms with E-state index in [9.17, 15) is 4.79 Å². The Morgan fingerprint density at radius 3 is 2.23 bits per heavy atom. The summed E-state index contributed by atoms with van der Waals surface area (Å²) in [5, 5.41) is 9.34. The molecule has 1 unspecified atom stereocenters. The van der Waals surface area contributed by atoms with Crippen molar-refractivity contribution in [3.8, 4) is 5.75 Å². The van der Waals surface area contributed by atoms with Gasteiger partial charge in [0.2, 0.25) is 0 Å². The van der Waals surface area contributed by atoms with Crippen molar-refractivity contribution in [3.05, 3.63) is 65.2 Å². The van der Waals surface area contributed by atoms with E-state index in [1.165, 1.54) is 5.56 Å². The normalized spacial score (nSPS) is 11.0. The molecule has 0 aliphatic heterocycles. The molecule has 2 rings (SSSR count). The lowest BCUT2D eigenvalue weighted by Crippen LogP contribution is -2.16. The van der Waals surface area contributed by atoms with E-state index in [1.807, 2.05) is 37.3 Å². The molecule has 0 radical (unpaired) electrons. The average Bonchev–Trinajstić information content (AvgIpc) is 2.51. The fourth-order valence-electron chi connectivity index (χ4n) is 1.74. The minimum Gasteiger partial charge on any atom is -0.508 e. The summed E-state index contributed by atoms with van der Waals surface area (Å²) in [5.41, 5.74) is 1.20. The smallest absolute Gasteiger partial charge is 0.305 e. The third kappa shape index (κ3) is 7.70. The van der Waals surface area contributed by atoms with Crippen molar-refractivity contribution in [2.45, 2.75) is 32.8 Å². The van der Waals surface area contributed by atoms with Crippen LogP contribution >= 0.6 is 11.6 Å². The van der Waals surface area contributed by atoms with Gasteiger partial charge in [-0.25, -0.2) is 0 Å². The summed E-state index contributed by atoms with van der Waals surface area (Å²) in [6, 6.07) is 16.4. The molecule has 1 atom stereocenters. The SMILES string of the molecule is CCC(=O)OC(C)Cc1ccccc1.Oc1ccc(Cl)cc1. The summed E-state index contributed by atoms with van der Waals surface area (Å²) in [7, 11) is 0. The Labute approximate surface area is 136 Å². The molecule has 2 aromatic carbocycles. The van der Waals surface area contributed by atoms with Gasteiger partial charge in [0.15, 0.2) is 0 Å². The number of carbonyl (C=O) groups is 1. The number of ether oxygens (including phenoxy) is 1. The number of hydrogen-bond acceptors (Lipinski definition) is 3. The van der Waals surface area contributed by atoms with Crippen LogP contribution < -0.4 is 0 Å². The second-order valence-electron chi connectivity index (χ2n) is 4.82. The first kappa shape index (κ1) is 18.1. The lowest BCUT2D eigenvalue weighted by Gasteiger charge is -2.12. The first-order chi connectivity index (χ1) is 10.5. The lowest BCUT2D eigenvalue weighted by molar-refractivity contribution is -0.147. The minimum atomic E-state index is -0.131. The molecule has 22 heavy (non-hydrogen) atoms. The Morgan fingerprint density at radius 2 is 1.73 bits per heavy atom. The minimum absolute atomic E-state index is 0.0372. The van der Waals surface area contributed by atoms with Crippen LogP contribution in [-0.4, -0.2) is 17.2 Å². The summed E-state index contributed by atoms with van der Waals surface area (Å²) in [6.45, 7) is 3.72. The number of aromatic hydroxyl groups is 1. The van der Waals surface area contributed by atoms with Crippen LogP contribution in [-0.2, 0) is 16.0 Å². The maximum atomic E-state index is 11.0. The van der Waals surface area contributed by atoms with Gasteiger partial charge in [-0.15, -0.1) is 0 Å². The summed E-state index contributed by atoms with van der Waals surface area (Å²) < 4.78 is 5.16. The Kier molecular flexibility index (Phi) is 8.08. The largest absolute Gasteiger partial charge is 0.508 e. The zero-order chi connectivity index (χ0) is 16.4. The molecular weight excluding hydrogens is 300 g/mol. The van der Waals surface area contributed by atoms with E-state index in [1.54, 1.807) is 31.2 Å². The highest BCUT2D eigenvalue weighted by Gasteiger charge is 2.07. The fraction of sp³-hybridized carbons (Fsp3) is 0.278. The quantitative estimate of drug-likeness (QED) is 0.836. The number of carbonyl (C=O) groups excluding carboxylic acids is 1. The Hall–Kier alpha value is -2.00. The average molecular weight is 321 g/mol. The van der Waals surface area contributed by atoms with E-state index in [4.69, 9.17) is 21.4 Å². The number of benzene rings is 2. The molecule has 1 N–H and O–H groups in total. The predicted molar refractivity (Wildman–Crippen MR) is 89.1 cm³/mol. The van der Waals surface area contributed by atoms with Crippen LogP contribution in [0.2, 0.25) is 5.02 Å². The van der Waals surface area contributed by atoms with Crippen molar-refractivity contribution in [3.63, 3.8) is 0 Å². The molecule has 0 saturated heterocycles. The van der Waals surface area contributed by atoms with Gasteiger partial charge in [0.25, 0.3) is 0 Å². The monoisotopic (exact) mass is 320 g/mol. The van der Waals surface area contributed by atoms with E-state index in [2.05, 4.69) is 0 Å². The van der Waals surface area contributed by atoms with E-state index in [0.29, 0.717) is 11.4 Å². The van der Waals surface area contributed by atoms with Gasteiger partial charge < -0.3 is 9.84 Å². The third-order valence-corrected chi connectivity index (χ3v) is 3.07. The van der Waals surface area contributed by atoms with Crippen LogP contribution in [0, 0.1) is 0 Å². The molecule has 0 spiro atoms. The Bertz CT molecular complexity index is 531. The van der Waals surface area contributed by atoms with E-state index >= 15 is 0 Å². The highest BCUT2D eigenvalue weighted by Crippen LogP contribution is 2.12. The molecule has 0 fully saturated rings. The van der Waals surface area contributed by atoms with E-state index < -0.39 is 0 Å². The Balaban J connectivity index is 0.000000255. The number of phenols is 1.